The van der Waals surface area contributed by atoms with Gasteiger partial charge in [0, 0.05) is 0 Å². The van der Waals surface area contributed by atoms with E-state index in [9.17, 15) is 0 Å². The van der Waals surface area contributed by atoms with E-state index in [-0.39, 0.29) is 5.41 Å². The Morgan fingerprint density at radius 2 is 0.968 bits per heavy atom. The SMILES string of the molecule is CC.CC.CC.CC.Cc1ccc2ccc3c4ccccc4ccc3c2c1C(C)(C)C. The van der Waals surface area contributed by atoms with Crippen molar-refractivity contribution in [1.29, 1.82) is 0 Å². The molecule has 31 heavy (non-hydrogen) atoms. The maximum Gasteiger partial charge on any atom is -0.00651 e. The fraction of sp³-hybridized carbons (Fsp3) is 0.419. The Kier molecular flexibility index (Phi) is 12.8. The first-order valence-corrected chi connectivity index (χ1v) is 12.3. The number of hydrogen-bond donors (Lipinski definition) is 0. The van der Waals surface area contributed by atoms with E-state index in [1.54, 1.807) is 0 Å². The molecular formula is C31H46. The lowest BCUT2D eigenvalue weighted by Crippen LogP contribution is -2.14. The lowest BCUT2D eigenvalue weighted by molar-refractivity contribution is 0.592. The van der Waals surface area contributed by atoms with Gasteiger partial charge in [0.15, 0.2) is 0 Å². The van der Waals surface area contributed by atoms with E-state index in [2.05, 4.69) is 88.4 Å². The smallest absolute Gasteiger partial charge is 0.00651 e. The summed E-state index contributed by atoms with van der Waals surface area (Å²) < 4.78 is 0. The van der Waals surface area contributed by atoms with E-state index < -0.39 is 0 Å². The third-order valence-corrected chi connectivity index (χ3v) is 4.87. The van der Waals surface area contributed by atoms with Gasteiger partial charge in [-0.15, -0.1) is 0 Å². The van der Waals surface area contributed by atoms with E-state index in [1.807, 2.05) is 55.4 Å². The quantitative estimate of drug-likeness (QED) is 0.249. The summed E-state index contributed by atoms with van der Waals surface area (Å²) in [5.74, 6) is 0. The highest BCUT2D eigenvalue weighted by molar-refractivity contribution is 6.18. The highest BCUT2D eigenvalue weighted by Gasteiger charge is 2.20. The molecule has 0 spiro atoms. The minimum Gasteiger partial charge on any atom is -0.0683 e. The Morgan fingerprint density at radius 3 is 1.55 bits per heavy atom. The Labute approximate surface area is 192 Å². The maximum atomic E-state index is 2.31. The Hall–Kier alpha value is -2.34. The highest BCUT2D eigenvalue weighted by Crippen LogP contribution is 2.38. The van der Waals surface area contributed by atoms with Crippen LogP contribution in [0.4, 0.5) is 0 Å². The number of aryl methyl sites for hydroxylation is 1. The van der Waals surface area contributed by atoms with Crippen molar-refractivity contribution in [2.45, 2.75) is 88.5 Å². The average Bonchev–Trinajstić information content (AvgIpc) is 2.83. The number of fused-ring (bicyclic) bond motifs is 5. The first-order valence-electron chi connectivity index (χ1n) is 12.3. The van der Waals surface area contributed by atoms with Crippen LogP contribution >= 0.6 is 0 Å². The van der Waals surface area contributed by atoms with E-state index in [1.165, 1.54) is 43.4 Å². The second-order valence-electron chi connectivity index (χ2n) is 7.55. The molecular weight excluding hydrogens is 372 g/mol. The summed E-state index contributed by atoms with van der Waals surface area (Å²) in [6.07, 6.45) is 0. The van der Waals surface area contributed by atoms with Crippen molar-refractivity contribution in [1.82, 2.24) is 0 Å². The van der Waals surface area contributed by atoms with Gasteiger partial charge in [0.25, 0.3) is 0 Å². The zero-order valence-electron chi connectivity index (χ0n) is 22.3. The molecule has 0 fully saturated rings. The molecule has 0 atom stereocenters. The van der Waals surface area contributed by atoms with Gasteiger partial charge in [-0.1, -0.05) is 137 Å². The molecule has 4 aromatic rings. The second kappa shape index (κ2) is 13.9. The van der Waals surface area contributed by atoms with Crippen LogP contribution in [0.15, 0.2) is 60.7 Å². The van der Waals surface area contributed by atoms with Gasteiger partial charge in [-0.25, -0.2) is 0 Å². The first-order chi connectivity index (χ1) is 15.0. The normalized spacial score (nSPS) is 9.94. The van der Waals surface area contributed by atoms with Gasteiger partial charge >= 0.3 is 0 Å². The highest BCUT2D eigenvalue weighted by atomic mass is 14.2. The zero-order valence-corrected chi connectivity index (χ0v) is 22.3. The predicted octanol–water partition coefficient (Wildman–Crippen LogP) is 10.9. The van der Waals surface area contributed by atoms with Gasteiger partial charge in [0.1, 0.15) is 0 Å². The van der Waals surface area contributed by atoms with Crippen molar-refractivity contribution in [2.75, 3.05) is 0 Å². The molecule has 0 amide bonds. The molecule has 0 aromatic heterocycles. The third kappa shape index (κ3) is 6.33. The predicted molar refractivity (Wildman–Crippen MR) is 148 cm³/mol. The molecule has 0 aliphatic carbocycles. The topological polar surface area (TPSA) is 0 Å². The number of benzene rings is 4. The Balaban J connectivity index is 0.00000102. The van der Waals surface area contributed by atoms with Crippen molar-refractivity contribution < 1.29 is 0 Å². The molecule has 0 saturated heterocycles. The summed E-state index contributed by atoms with van der Waals surface area (Å²) in [4.78, 5) is 0. The molecule has 0 radical (unpaired) electrons. The lowest BCUT2D eigenvalue weighted by Gasteiger charge is -2.25. The van der Waals surface area contributed by atoms with Gasteiger partial charge in [-0.2, -0.15) is 0 Å². The third-order valence-electron chi connectivity index (χ3n) is 4.87. The van der Waals surface area contributed by atoms with Crippen LogP contribution in [0.25, 0.3) is 32.3 Å². The molecule has 0 aliphatic heterocycles. The molecule has 0 saturated carbocycles. The summed E-state index contributed by atoms with van der Waals surface area (Å²) in [6, 6.07) is 22.3. The van der Waals surface area contributed by atoms with Crippen molar-refractivity contribution in [3.05, 3.63) is 71.8 Å². The van der Waals surface area contributed by atoms with E-state index >= 15 is 0 Å². The fourth-order valence-corrected chi connectivity index (χ4v) is 3.98. The largest absolute Gasteiger partial charge is 0.0683 e. The van der Waals surface area contributed by atoms with E-state index in [0.29, 0.717) is 0 Å². The van der Waals surface area contributed by atoms with Gasteiger partial charge < -0.3 is 0 Å². The van der Waals surface area contributed by atoms with Crippen LogP contribution in [0.3, 0.4) is 0 Å². The molecule has 0 unspecified atom stereocenters. The van der Waals surface area contributed by atoms with Gasteiger partial charge in [-0.3, -0.25) is 0 Å². The number of rotatable bonds is 0. The molecule has 0 heterocycles. The van der Waals surface area contributed by atoms with E-state index in [0.717, 1.165) is 0 Å². The Morgan fingerprint density at radius 1 is 0.484 bits per heavy atom. The summed E-state index contributed by atoms with van der Waals surface area (Å²) in [6.45, 7) is 25.2. The summed E-state index contributed by atoms with van der Waals surface area (Å²) in [5.41, 5.74) is 2.98. The first kappa shape index (κ1) is 28.7. The van der Waals surface area contributed by atoms with Gasteiger partial charge in [-0.05, 0) is 55.8 Å². The Bertz CT molecular complexity index is 1050. The minimum absolute atomic E-state index is 0.128. The molecule has 0 N–H and O–H groups in total. The van der Waals surface area contributed by atoms with Crippen LogP contribution in [0.2, 0.25) is 0 Å². The lowest BCUT2D eigenvalue weighted by atomic mass is 9.79. The van der Waals surface area contributed by atoms with Crippen LogP contribution < -0.4 is 0 Å². The van der Waals surface area contributed by atoms with Crippen LogP contribution in [0, 0.1) is 6.92 Å². The van der Waals surface area contributed by atoms with Crippen LogP contribution in [0.1, 0.15) is 87.3 Å². The summed E-state index contributed by atoms with van der Waals surface area (Å²) >= 11 is 0. The average molecular weight is 419 g/mol. The minimum atomic E-state index is 0.128. The van der Waals surface area contributed by atoms with Crippen molar-refractivity contribution in [3.8, 4) is 0 Å². The van der Waals surface area contributed by atoms with Crippen molar-refractivity contribution in [3.63, 3.8) is 0 Å². The van der Waals surface area contributed by atoms with Gasteiger partial charge in [0.2, 0.25) is 0 Å². The van der Waals surface area contributed by atoms with Crippen LogP contribution in [-0.4, -0.2) is 0 Å². The number of hydrogen-bond acceptors (Lipinski definition) is 0. The second-order valence-corrected chi connectivity index (χ2v) is 7.55. The monoisotopic (exact) mass is 418 g/mol. The summed E-state index contributed by atoms with van der Waals surface area (Å²) in [7, 11) is 0. The molecule has 0 nitrogen and oxygen atoms in total. The van der Waals surface area contributed by atoms with Crippen molar-refractivity contribution >= 4 is 32.3 Å². The molecule has 170 valence electrons. The molecule has 4 rings (SSSR count). The van der Waals surface area contributed by atoms with E-state index in [4.69, 9.17) is 0 Å². The van der Waals surface area contributed by atoms with Crippen molar-refractivity contribution in [2.24, 2.45) is 0 Å². The fourth-order valence-electron chi connectivity index (χ4n) is 3.98. The summed E-state index contributed by atoms with van der Waals surface area (Å²) in [5, 5.41) is 8.13. The zero-order chi connectivity index (χ0) is 24.2. The standard InChI is InChI=1S/C23H22.4C2H6/c1-15-9-10-17-12-13-19-18-8-6-5-7-16(18)11-14-20(19)21(17)22(15)23(2,3)4;4*1-2/h5-14H,1-4H3;4*1-2H3. The molecule has 4 aromatic carbocycles. The maximum absolute atomic E-state index is 2.31. The molecule has 0 heteroatoms. The molecule has 0 bridgehead atoms. The van der Waals surface area contributed by atoms with Crippen LogP contribution in [0.5, 0.6) is 0 Å². The molecule has 0 aliphatic rings. The van der Waals surface area contributed by atoms with Crippen LogP contribution in [-0.2, 0) is 5.41 Å². The van der Waals surface area contributed by atoms with Gasteiger partial charge in [0.05, 0.1) is 0 Å².